The predicted octanol–water partition coefficient (Wildman–Crippen LogP) is 3.88. The van der Waals surface area contributed by atoms with Crippen LogP contribution < -0.4 is 0 Å². The van der Waals surface area contributed by atoms with Gasteiger partial charge in [0, 0.05) is 30.0 Å². The van der Waals surface area contributed by atoms with Gasteiger partial charge in [0.2, 0.25) is 0 Å². The fraction of sp³-hybridized carbons (Fsp3) is 0.333. The zero-order valence-electron chi connectivity index (χ0n) is 15.7. The summed E-state index contributed by atoms with van der Waals surface area (Å²) < 4.78 is 19.9. The molecule has 0 bridgehead atoms. The molecule has 0 saturated heterocycles. The highest BCUT2D eigenvalue weighted by atomic mass is 19.1. The minimum absolute atomic E-state index is 0.0242. The molecular formula is C21H20FN3O2. The summed E-state index contributed by atoms with van der Waals surface area (Å²) in [7, 11) is 1.50. The quantitative estimate of drug-likeness (QED) is 0.825. The fourth-order valence-electron chi connectivity index (χ4n) is 3.62. The lowest BCUT2D eigenvalue weighted by atomic mass is 9.68. The molecular weight excluding hydrogens is 345 g/mol. The predicted molar refractivity (Wildman–Crippen MR) is 98.0 cm³/mol. The minimum Gasteiger partial charge on any atom is -0.368 e. The van der Waals surface area contributed by atoms with Crippen LogP contribution in [0.15, 0.2) is 42.2 Å². The highest BCUT2D eigenvalue weighted by Gasteiger charge is 2.48. The number of nitrogens with zero attached hydrogens (tertiary/aromatic N) is 3. The number of halogens is 1. The Morgan fingerprint density at radius 3 is 2.67 bits per heavy atom. The van der Waals surface area contributed by atoms with E-state index >= 15 is 0 Å². The summed E-state index contributed by atoms with van der Waals surface area (Å²) in [5, 5.41) is 9.45. The highest BCUT2D eigenvalue weighted by molar-refractivity contribution is 6.04. The van der Waals surface area contributed by atoms with Crippen LogP contribution in [0.4, 0.5) is 4.39 Å². The largest absolute Gasteiger partial charge is 0.368 e. The number of allylic oxidation sites excluding steroid dienone is 1. The van der Waals surface area contributed by atoms with Crippen molar-refractivity contribution in [2.24, 2.45) is 5.41 Å². The Bertz CT molecular complexity index is 991. The number of aromatic nitrogens is 2. The lowest BCUT2D eigenvalue weighted by Gasteiger charge is -2.40. The number of Topliss-reactive ketones (excluding diaryl/α,β-unsaturated/α-hetero) is 1. The number of rotatable bonds is 3. The first-order valence-electron chi connectivity index (χ1n) is 8.54. The van der Waals surface area contributed by atoms with Crippen molar-refractivity contribution < 1.29 is 13.9 Å². The Hall–Kier alpha value is -2.91. The van der Waals surface area contributed by atoms with Crippen LogP contribution in [0.5, 0.6) is 0 Å². The maximum absolute atomic E-state index is 14.0. The summed E-state index contributed by atoms with van der Waals surface area (Å²) in [6.07, 6.45) is 4.56. The van der Waals surface area contributed by atoms with Crippen molar-refractivity contribution >= 4 is 5.78 Å². The monoisotopic (exact) mass is 365 g/mol. The molecule has 1 unspecified atom stereocenters. The molecule has 0 N–H and O–H groups in total. The van der Waals surface area contributed by atoms with Gasteiger partial charge in [-0.3, -0.25) is 14.8 Å². The van der Waals surface area contributed by atoms with E-state index in [-0.39, 0.29) is 17.8 Å². The molecule has 27 heavy (non-hydrogen) atoms. The van der Waals surface area contributed by atoms with Gasteiger partial charge in [-0.15, -0.1) is 0 Å². The minimum atomic E-state index is -1.12. The van der Waals surface area contributed by atoms with Crippen LogP contribution in [0, 0.1) is 29.5 Å². The Balaban J connectivity index is 2.30. The Morgan fingerprint density at radius 2 is 2.04 bits per heavy atom. The number of carbonyl (C=O) groups is 1. The van der Waals surface area contributed by atoms with Crippen molar-refractivity contribution in [3.05, 3.63) is 59.4 Å². The van der Waals surface area contributed by atoms with Crippen molar-refractivity contribution in [2.75, 3.05) is 7.11 Å². The summed E-state index contributed by atoms with van der Waals surface area (Å²) in [5.41, 5.74) is 0.603. The summed E-state index contributed by atoms with van der Waals surface area (Å²) in [4.78, 5) is 21.0. The fourth-order valence-corrected chi connectivity index (χ4v) is 3.62. The molecule has 3 rings (SSSR count). The lowest BCUT2D eigenvalue weighted by molar-refractivity contribution is -0.128. The second-order valence-corrected chi connectivity index (χ2v) is 7.39. The van der Waals surface area contributed by atoms with Crippen molar-refractivity contribution in [1.82, 2.24) is 9.97 Å². The molecule has 2 aromatic rings. The second-order valence-electron chi connectivity index (χ2n) is 7.39. The second kappa shape index (κ2) is 6.67. The van der Waals surface area contributed by atoms with Crippen LogP contribution in [-0.4, -0.2) is 22.9 Å². The van der Waals surface area contributed by atoms with Crippen molar-refractivity contribution in [3.8, 4) is 17.2 Å². The van der Waals surface area contributed by atoms with Gasteiger partial charge in [-0.05, 0) is 43.2 Å². The Kier molecular flexibility index (Phi) is 4.66. The number of aryl methyl sites for hydroxylation is 1. The standard InChI is InChI=1S/C21H20FN3O2/c1-13-7-14(5-6-24-13)17-8-16(22)11-25-18(17)21(27-4)9-15(10-23)19(26)20(2,3)12-21/h5-9,11H,12H2,1-4H3. The highest BCUT2D eigenvalue weighted by Crippen LogP contribution is 2.47. The third-order valence-electron chi connectivity index (χ3n) is 4.89. The van der Waals surface area contributed by atoms with E-state index in [0.717, 1.165) is 17.5 Å². The molecule has 2 heterocycles. The van der Waals surface area contributed by atoms with Gasteiger partial charge in [-0.1, -0.05) is 13.8 Å². The van der Waals surface area contributed by atoms with Gasteiger partial charge in [0.15, 0.2) is 5.78 Å². The molecule has 0 spiro atoms. The smallest absolute Gasteiger partial charge is 0.178 e. The van der Waals surface area contributed by atoms with E-state index in [2.05, 4.69) is 9.97 Å². The van der Waals surface area contributed by atoms with E-state index in [1.165, 1.54) is 19.3 Å². The number of pyridine rings is 2. The molecule has 0 aromatic carbocycles. The van der Waals surface area contributed by atoms with E-state index in [9.17, 15) is 14.4 Å². The average molecular weight is 365 g/mol. The maximum Gasteiger partial charge on any atom is 0.178 e. The van der Waals surface area contributed by atoms with Crippen LogP contribution in [0.25, 0.3) is 11.1 Å². The van der Waals surface area contributed by atoms with Crippen molar-refractivity contribution in [3.63, 3.8) is 0 Å². The first-order valence-corrected chi connectivity index (χ1v) is 8.54. The molecule has 0 aliphatic heterocycles. The number of ether oxygens (including phenoxy) is 1. The van der Waals surface area contributed by atoms with Gasteiger partial charge in [-0.25, -0.2) is 4.39 Å². The molecule has 2 aromatic heterocycles. The molecule has 0 saturated carbocycles. The van der Waals surface area contributed by atoms with E-state index in [4.69, 9.17) is 4.74 Å². The lowest BCUT2D eigenvalue weighted by Crippen LogP contribution is -2.43. The number of ketones is 1. The van der Waals surface area contributed by atoms with Crippen LogP contribution in [0.2, 0.25) is 0 Å². The normalized spacial score (nSPS) is 21.5. The van der Waals surface area contributed by atoms with Gasteiger partial charge in [0.25, 0.3) is 0 Å². The Labute approximate surface area is 157 Å². The van der Waals surface area contributed by atoms with Crippen LogP contribution in [0.3, 0.4) is 0 Å². The number of methoxy groups -OCH3 is 1. The molecule has 1 atom stereocenters. The van der Waals surface area contributed by atoms with E-state index in [1.807, 2.05) is 19.1 Å². The van der Waals surface area contributed by atoms with Crippen LogP contribution in [0.1, 0.15) is 31.7 Å². The molecule has 6 heteroatoms. The van der Waals surface area contributed by atoms with Crippen molar-refractivity contribution in [1.29, 1.82) is 5.26 Å². The SMILES string of the molecule is COC1(c2ncc(F)cc2-c2ccnc(C)c2)C=C(C#N)C(=O)C(C)(C)C1. The molecule has 0 amide bonds. The maximum atomic E-state index is 14.0. The summed E-state index contributed by atoms with van der Waals surface area (Å²) in [6.45, 7) is 5.39. The molecule has 138 valence electrons. The topological polar surface area (TPSA) is 75.9 Å². The molecule has 1 aliphatic carbocycles. The number of hydrogen-bond acceptors (Lipinski definition) is 5. The first kappa shape index (κ1) is 18.9. The molecule has 0 radical (unpaired) electrons. The van der Waals surface area contributed by atoms with E-state index in [0.29, 0.717) is 11.3 Å². The third kappa shape index (κ3) is 3.26. The van der Waals surface area contributed by atoms with Gasteiger partial charge in [0.1, 0.15) is 17.5 Å². The van der Waals surface area contributed by atoms with Crippen LogP contribution >= 0.6 is 0 Å². The zero-order valence-corrected chi connectivity index (χ0v) is 15.7. The van der Waals surface area contributed by atoms with Gasteiger partial charge in [0.05, 0.1) is 17.5 Å². The van der Waals surface area contributed by atoms with Crippen LogP contribution in [-0.2, 0) is 15.1 Å². The average Bonchev–Trinajstić information content (AvgIpc) is 2.64. The molecule has 0 fully saturated rings. The molecule has 1 aliphatic rings. The van der Waals surface area contributed by atoms with E-state index < -0.39 is 16.8 Å². The summed E-state index contributed by atoms with van der Waals surface area (Å²) in [5.74, 6) is -0.716. The van der Waals surface area contributed by atoms with Gasteiger partial charge >= 0.3 is 0 Å². The zero-order chi connectivity index (χ0) is 19.8. The first-order chi connectivity index (χ1) is 12.7. The summed E-state index contributed by atoms with van der Waals surface area (Å²) >= 11 is 0. The van der Waals surface area contributed by atoms with Gasteiger partial charge in [-0.2, -0.15) is 5.26 Å². The Morgan fingerprint density at radius 1 is 1.30 bits per heavy atom. The van der Waals surface area contributed by atoms with Crippen molar-refractivity contribution in [2.45, 2.75) is 32.8 Å². The number of carbonyl (C=O) groups excluding carboxylic acids is 1. The summed E-state index contributed by atoms with van der Waals surface area (Å²) in [6, 6.07) is 6.96. The third-order valence-corrected chi connectivity index (χ3v) is 4.89. The number of nitriles is 1. The molecule has 5 nitrogen and oxygen atoms in total. The number of hydrogen-bond donors (Lipinski definition) is 0. The van der Waals surface area contributed by atoms with Gasteiger partial charge < -0.3 is 4.74 Å². The van der Waals surface area contributed by atoms with E-state index in [1.54, 1.807) is 26.1 Å².